The van der Waals surface area contributed by atoms with Gasteiger partial charge in [-0.15, -0.1) is 0 Å². The van der Waals surface area contributed by atoms with Crippen LogP contribution in [0.5, 0.6) is 0 Å². The van der Waals surface area contributed by atoms with Gasteiger partial charge in [-0.25, -0.2) is 8.78 Å². The summed E-state index contributed by atoms with van der Waals surface area (Å²) in [6, 6.07) is -1.94. The van der Waals surface area contributed by atoms with E-state index in [-0.39, 0.29) is 0 Å². The summed E-state index contributed by atoms with van der Waals surface area (Å²) in [5.41, 5.74) is -2.54. The van der Waals surface area contributed by atoms with Crippen molar-refractivity contribution in [2.24, 2.45) is 0 Å². The lowest BCUT2D eigenvalue weighted by Gasteiger charge is -2.18. The molecule has 0 aromatic carbocycles. The van der Waals surface area contributed by atoms with Gasteiger partial charge in [0.2, 0.25) is 0 Å². The third-order valence-electron chi connectivity index (χ3n) is 0.967. The molecule has 10 heavy (non-hydrogen) atoms. The number of carbonyl (C=O) groups is 1. The molecule has 0 aliphatic rings. The monoisotopic (exact) mass is 156 g/mol. The molecule has 0 amide bonds. The SMILES string of the molecule is CC(O)(CC(=O)F)C(F)F. The number of alkyl halides is 2. The highest BCUT2D eigenvalue weighted by atomic mass is 19.3. The number of hydrogen-bond acceptors (Lipinski definition) is 2. The van der Waals surface area contributed by atoms with Crippen LogP contribution >= 0.6 is 0 Å². The number of rotatable bonds is 3. The second kappa shape index (κ2) is 3.01. The quantitative estimate of drug-likeness (QED) is 0.616. The molecule has 1 N–H and O–H groups in total. The van der Waals surface area contributed by atoms with Crippen molar-refractivity contribution < 1.29 is 23.1 Å². The first-order valence-electron chi connectivity index (χ1n) is 2.55. The molecule has 0 radical (unpaired) electrons. The fourth-order valence-corrected chi connectivity index (χ4v) is 0.359. The van der Waals surface area contributed by atoms with Gasteiger partial charge in [0.25, 0.3) is 6.43 Å². The van der Waals surface area contributed by atoms with Crippen LogP contribution in [0.4, 0.5) is 13.2 Å². The van der Waals surface area contributed by atoms with Crippen molar-refractivity contribution >= 4 is 6.04 Å². The van der Waals surface area contributed by atoms with Crippen LogP contribution in [0.2, 0.25) is 0 Å². The number of aliphatic hydroxyl groups is 1. The van der Waals surface area contributed by atoms with E-state index in [0.29, 0.717) is 6.92 Å². The predicted octanol–water partition coefficient (Wildman–Crippen LogP) is 0.889. The smallest absolute Gasteiger partial charge is 0.304 e. The van der Waals surface area contributed by atoms with Crippen LogP contribution < -0.4 is 0 Å². The highest BCUT2D eigenvalue weighted by Gasteiger charge is 2.34. The molecule has 0 aliphatic carbocycles. The van der Waals surface area contributed by atoms with E-state index in [0.717, 1.165) is 0 Å². The van der Waals surface area contributed by atoms with Gasteiger partial charge in [-0.2, -0.15) is 4.39 Å². The molecule has 0 saturated heterocycles. The summed E-state index contributed by atoms with van der Waals surface area (Å²) in [6.45, 7) is 0.704. The average Bonchev–Trinajstić information content (AvgIpc) is 1.60. The zero-order valence-electron chi connectivity index (χ0n) is 5.27. The van der Waals surface area contributed by atoms with Crippen LogP contribution in [-0.4, -0.2) is 23.2 Å². The number of halogens is 3. The molecule has 0 aromatic rings. The van der Waals surface area contributed by atoms with Crippen LogP contribution in [0.1, 0.15) is 13.3 Å². The molecule has 60 valence electrons. The summed E-state index contributed by atoms with van der Waals surface area (Å²) in [7, 11) is 0. The summed E-state index contributed by atoms with van der Waals surface area (Å²) in [5, 5.41) is 8.55. The molecule has 0 aromatic heterocycles. The minimum absolute atomic E-state index is 0.704. The van der Waals surface area contributed by atoms with Crippen molar-refractivity contribution in [1.82, 2.24) is 0 Å². The van der Waals surface area contributed by atoms with E-state index in [1.807, 2.05) is 0 Å². The largest absolute Gasteiger partial charge is 0.384 e. The van der Waals surface area contributed by atoms with Gasteiger partial charge in [0, 0.05) is 0 Å². The van der Waals surface area contributed by atoms with E-state index in [1.165, 1.54) is 0 Å². The number of hydrogen-bond donors (Lipinski definition) is 1. The number of carbonyl (C=O) groups excluding carboxylic acids is 1. The van der Waals surface area contributed by atoms with Gasteiger partial charge in [-0.1, -0.05) is 0 Å². The summed E-state index contributed by atoms with van der Waals surface area (Å²) in [5.74, 6) is 0. The Bertz CT molecular complexity index is 133. The van der Waals surface area contributed by atoms with E-state index >= 15 is 0 Å². The molecule has 0 aliphatic heterocycles. The molecular formula is C5H7F3O2. The zero-order chi connectivity index (χ0) is 8.36. The van der Waals surface area contributed by atoms with Crippen molar-refractivity contribution in [3.63, 3.8) is 0 Å². The van der Waals surface area contributed by atoms with Gasteiger partial charge in [0.05, 0.1) is 6.42 Å². The molecule has 2 nitrogen and oxygen atoms in total. The van der Waals surface area contributed by atoms with E-state index < -0.39 is 24.5 Å². The zero-order valence-corrected chi connectivity index (χ0v) is 5.27. The molecule has 5 heteroatoms. The Morgan fingerprint density at radius 2 is 2.10 bits per heavy atom. The maximum Gasteiger partial charge on any atom is 0.304 e. The van der Waals surface area contributed by atoms with Crippen LogP contribution in [0, 0.1) is 0 Å². The topological polar surface area (TPSA) is 37.3 Å². The lowest BCUT2D eigenvalue weighted by molar-refractivity contribution is -0.142. The van der Waals surface area contributed by atoms with E-state index in [4.69, 9.17) is 5.11 Å². The Labute approximate surface area is 55.7 Å². The minimum Gasteiger partial charge on any atom is -0.384 e. The Morgan fingerprint density at radius 3 is 2.20 bits per heavy atom. The summed E-state index contributed by atoms with van der Waals surface area (Å²) in [6.07, 6.45) is -4.27. The van der Waals surface area contributed by atoms with Crippen molar-refractivity contribution in [2.45, 2.75) is 25.4 Å². The Balaban J connectivity index is 3.99. The Morgan fingerprint density at radius 1 is 1.70 bits per heavy atom. The predicted molar refractivity (Wildman–Crippen MR) is 27.4 cm³/mol. The van der Waals surface area contributed by atoms with Gasteiger partial charge in [0.15, 0.2) is 0 Å². The summed E-state index contributed by atoms with van der Waals surface area (Å²) in [4.78, 5) is 9.60. The van der Waals surface area contributed by atoms with Gasteiger partial charge >= 0.3 is 6.04 Å². The first kappa shape index (κ1) is 9.42. The van der Waals surface area contributed by atoms with Gasteiger partial charge in [0.1, 0.15) is 5.60 Å². The van der Waals surface area contributed by atoms with Gasteiger partial charge in [-0.05, 0) is 6.92 Å². The first-order valence-corrected chi connectivity index (χ1v) is 2.55. The third-order valence-corrected chi connectivity index (χ3v) is 0.967. The third kappa shape index (κ3) is 2.82. The normalized spacial score (nSPS) is 17.0. The Hall–Kier alpha value is -0.580. The molecule has 0 rings (SSSR count). The summed E-state index contributed by atoms with van der Waals surface area (Å²) < 4.78 is 34.6. The molecule has 0 bridgehead atoms. The van der Waals surface area contributed by atoms with Crippen molar-refractivity contribution in [3.05, 3.63) is 0 Å². The fraction of sp³-hybridized carbons (Fsp3) is 0.800. The molecule has 1 unspecified atom stereocenters. The van der Waals surface area contributed by atoms with E-state index in [2.05, 4.69) is 0 Å². The average molecular weight is 156 g/mol. The van der Waals surface area contributed by atoms with Crippen molar-refractivity contribution in [2.75, 3.05) is 0 Å². The molecule has 0 fully saturated rings. The molecular weight excluding hydrogens is 149 g/mol. The minimum atomic E-state index is -3.10. The molecule has 0 spiro atoms. The van der Waals surface area contributed by atoms with Crippen LogP contribution in [0.15, 0.2) is 0 Å². The highest BCUT2D eigenvalue weighted by molar-refractivity contribution is 5.69. The molecule has 0 heterocycles. The molecule has 0 saturated carbocycles. The highest BCUT2D eigenvalue weighted by Crippen LogP contribution is 2.19. The first-order chi connectivity index (χ1) is 4.36. The molecule has 1 atom stereocenters. The lowest BCUT2D eigenvalue weighted by Crippen LogP contribution is -2.35. The second-order valence-electron chi connectivity index (χ2n) is 2.19. The Kier molecular flexibility index (Phi) is 2.83. The van der Waals surface area contributed by atoms with Crippen molar-refractivity contribution in [1.29, 1.82) is 0 Å². The van der Waals surface area contributed by atoms with Crippen LogP contribution in [-0.2, 0) is 4.79 Å². The maximum absolute atomic E-state index is 11.6. The standard InChI is InChI=1S/C5H7F3O2/c1-5(10,4(7)8)2-3(6)9/h4,10H,2H2,1H3. The second-order valence-corrected chi connectivity index (χ2v) is 2.19. The van der Waals surface area contributed by atoms with E-state index in [9.17, 15) is 18.0 Å². The van der Waals surface area contributed by atoms with Crippen molar-refractivity contribution in [3.8, 4) is 0 Å². The summed E-state index contributed by atoms with van der Waals surface area (Å²) >= 11 is 0. The van der Waals surface area contributed by atoms with Gasteiger partial charge < -0.3 is 5.11 Å². The van der Waals surface area contributed by atoms with Gasteiger partial charge in [-0.3, -0.25) is 4.79 Å². The lowest BCUT2D eigenvalue weighted by atomic mass is 10.0. The van der Waals surface area contributed by atoms with Crippen LogP contribution in [0.3, 0.4) is 0 Å². The fourth-order valence-electron chi connectivity index (χ4n) is 0.359. The van der Waals surface area contributed by atoms with Crippen LogP contribution in [0.25, 0.3) is 0 Å². The maximum atomic E-state index is 11.6. The van der Waals surface area contributed by atoms with E-state index in [1.54, 1.807) is 0 Å².